The molecule has 0 spiro atoms. The lowest BCUT2D eigenvalue weighted by atomic mass is 9.92. The lowest BCUT2D eigenvalue weighted by Crippen LogP contribution is -2.10. The lowest BCUT2D eigenvalue weighted by molar-refractivity contribution is 1.30. The molecule has 12 rings (SSSR count). The van der Waals surface area contributed by atoms with Crippen molar-refractivity contribution in [2.75, 3.05) is 4.90 Å². The van der Waals surface area contributed by atoms with Crippen LogP contribution >= 0.6 is 0 Å². The number of benzene rings is 12. The number of hydrogen-bond acceptors (Lipinski definition) is 1. The molecular weight excluding hydrogens is 735 g/mol. The number of nitrogens with zero attached hydrogens (tertiary/aromatic N) is 1. The van der Waals surface area contributed by atoms with Gasteiger partial charge in [-0.2, -0.15) is 0 Å². The molecular formula is C60H39N. The van der Waals surface area contributed by atoms with Crippen LogP contribution in [0.15, 0.2) is 237 Å². The number of fused-ring (bicyclic) bond motifs is 9. The maximum atomic E-state index is 2.43. The highest BCUT2D eigenvalue weighted by molar-refractivity contribution is 6.16. The Kier molecular flexibility index (Phi) is 8.25. The molecule has 0 saturated carbocycles. The SMILES string of the molecule is c1cc(-c2ccc(N(c3ccc(-c4cc5ccccc5c5ccccc45)cc3)c3cc4ccccc4c4ccccc34)cc2)cc(-c2cc3ccccc3c3ccccc23)c1. The van der Waals surface area contributed by atoms with Crippen LogP contribution in [0.3, 0.4) is 0 Å². The van der Waals surface area contributed by atoms with Gasteiger partial charge in [-0.3, -0.25) is 0 Å². The lowest BCUT2D eigenvalue weighted by Gasteiger charge is -2.28. The minimum Gasteiger partial charge on any atom is -0.310 e. The van der Waals surface area contributed by atoms with E-state index >= 15 is 0 Å². The summed E-state index contributed by atoms with van der Waals surface area (Å²) < 4.78 is 0. The van der Waals surface area contributed by atoms with Crippen LogP contribution in [0, 0.1) is 0 Å². The van der Waals surface area contributed by atoms with Crippen molar-refractivity contribution >= 4 is 81.7 Å². The van der Waals surface area contributed by atoms with Gasteiger partial charge in [-0.05, 0) is 141 Å². The molecule has 12 aromatic rings. The molecule has 0 fully saturated rings. The molecule has 0 unspecified atom stereocenters. The molecule has 0 N–H and O–H groups in total. The van der Waals surface area contributed by atoms with Gasteiger partial charge >= 0.3 is 0 Å². The molecule has 0 saturated heterocycles. The van der Waals surface area contributed by atoms with E-state index in [4.69, 9.17) is 0 Å². The van der Waals surface area contributed by atoms with Gasteiger partial charge in [0.2, 0.25) is 0 Å². The molecule has 284 valence electrons. The summed E-state index contributed by atoms with van der Waals surface area (Å²) in [6.45, 7) is 0. The van der Waals surface area contributed by atoms with Crippen LogP contribution in [0.1, 0.15) is 0 Å². The molecule has 0 amide bonds. The summed E-state index contributed by atoms with van der Waals surface area (Å²) in [5, 5.41) is 15.1. The van der Waals surface area contributed by atoms with E-state index in [1.54, 1.807) is 0 Å². The zero-order chi connectivity index (χ0) is 40.3. The summed E-state index contributed by atoms with van der Waals surface area (Å²) in [5.74, 6) is 0. The van der Waals surface area contributed by atoms with Gasteiger partial charge in [0.1, 0.15) is 0 Å². The summed E-state index contributed by atoms with van der Waals surface area (Å²) in [6.07, 6.45) is 0. The van der Waals surface area contributed by atoms with Crippen molar-refractivity contribution in [1.29, 1.82) is 0 Å². The van der Waals surface area contributed by atoms with Gasteiger partial charge in [0, 0.05) is 16.8 Å². The topological polar surface area (TPSA) is 3.24 Å². The van der Waals surface area contributed by atoms with Crippen LogP contribution in [-0.4, -0.2) is 0 Å². The summed E-state index contributed by atoms with van der Waals surface area (Å²) in [6, 6.07) is 86.8. The first-order valence-electron chi connectivity index (χ1n) is 21.1. The third-order valence-corrected chi connectivity index (χ3v) is 12.6. The number of anilines is 3. The standard InChI is InChI=1S/C60H39N/c1-4-19-49-44(14-1)37-58(55-25-9-7-22-52(49)55)41-30-34-48(35-31-41)61(60-39-46-16-3-6-21-51(46)54-24-11-12-27-57(54)60)47-32-28-40(29-33-47)42-17-13-18-43(36-42)59-38-45-15-2-5-20-50(45)53-23-8-10-26-56(53)59/h1-39H. The summed E-state index contributed by atoms with van der Waals surface area (Å²) in [5.41, 5.74) is 10.6. The van der Waals surface area contributed by atoms with Crippen LogP contribution < -0.4 is 4.90 Å². The van der Waals surface area contributed by atoms with E-state index in [1.165, 1.54) is 98.0 Å². The van der Waals surface area contributed by atoms with E-state index in [1.807, 2.05) is 0 Å². The second kappa shape index (κ2) is 14.4. The van der Waals surface area contributed by atoms with Crippen molar-refractivity contribution in [3.63, 3.8) is 0 Å². The van der Waals surface area contributed by atoms with Crippen molar-refractivity contribution in [2.45, 2.75) is 0 Å². The average Bonchev–Trinajstić information content (AvgIpc) is 3.34. The average molecular weight is 774 g/mol. The van der Waals surface area contributed by atoms with Crippen LogP contribution in [-0.2, 0) is 0 Å². The first-order chi connectivity index (χ1) is 30.2. The van der Waals surface area contributed by atoms with E-state index < -0.39 is 0 Å². The normalized spacial score (nSPS) is 11.6. The highest BCUT2D eigenvalue weighted by atomic mass is 15.1. The fourth-order valence-corrected chi connectivity index (χ4v) is 9.69. The van der Waals surface area contributed by atoms with Crippen LogP contribution in [0.5, 0.6) is 0 Å². The zero-order valence-electron chi connectivity index (χ0n) is 33.5. The van der Waals surface area contributed by atoms with Gasteiger partial charge in [-0.1, -0.05) is 188 Å². The quantitative estimate of drug-likeness (QED) is 0.152. The number of hydrogen-bond donors (Lipinski definition) is 0. The van der Waals surface area contributed by atoms with Crippen LogP contribution in [0.4, 0.5) is 17.1 Å². The Balaban J connectivity index is 0.986. The van der Waals surface area contributed by atoms with Crippen molar-refractivity contribution < 1.29 is 0 Å². The van der Waals surface area contributed by atoms with E-state index in [2.05, 4.69) is 241 Å². The summed E-state index contributed by atoms with van der Waals surface area (Å²) in [7, 11) is 0. The molecule has 0 aliphatic carbocycles. The maximum absolute atomic E-state index is 2.43. The fourth-order valence-electron chi connectivity index (χ4n) is 9.69. The third kappa shape index (κ3) is 5.93. The van der Waals surface area contributed by atoms with E-state index in [0.717, 1.165) is 17.1 Å². The Morgan fingerprint density at radius 1 is 0.213 bits per heavy atom. The second-order valence-electron chi connectivity index (χ2n) is 16.1. The molecule has 1 nitrogen and oxygen atoms in total. The van der Waals surface area contributed by atoms with Crippen LogP contribution in [0.2, 0.25) is 0 Å². The number of rotatable bonds is 6. The molecule has 12 aromatic carbocycles. The van der Waals surface area contributed by atoms with E-state index in [0.29, 0.717) is 0 Å². The van der Waals surface area contributed by atoms with Gasteiger partial charge in [0.05, 0.1) is 5.69 Å². The van der Waals surface area contributed by atoms with Crippen molar-refractivity contribution in [3.05, 3.63) is 237 Å². The zero-order valence-corrected chi connectivity index (χ0v) is 33.5. The highest BCUT2D eigenvalue weighted by Crippen LogP contribution is 2.44. The van der Waals surface area contributed by atoms with Crippen molar-refractivity contribution in [3.8, 4) is 33.4 Å². The Morgan fingerprint density at radius 3 is 1.11 bits per heavy atom. The molecule has 1 heteroatoms. The molecule has 0 atom stereocenters. The smallest absolute Gasteiger partial charge is 0.0546 e. The van der Waals surface area contributed by atoms with E-state index in [-0.39, 0.29) is 0 Å². The summed E-state index contributed by atoms with van der Waals surface area (Å²) in [4.78, 5) is 2.43. The van der Waals surface area contributed by atoms with Crippen LogP contribution in [0.25, 0.3) is 98.0 Å². The minimum absolute atomic E-state index is 1.10. The molecule has 61 heavy (non-hydrogen) atoms. The summed E-state index contributed by atoms with van der Waals surface area (Å²) >= 11 is 0. The molecule has 0 bridgehead atoms. The Labute approximate surface area is 355 Å². The van der Waals surface area contributed by atoms with Gasteiger partial charge in [0.25, 0.3) is 0 Å². The third-order valence-electron chi connectivity index (χ3n) is 12.6. The molecule has 0 heterocycles. The van der Waals surface area contributed by atoms with Crippen molar-refractivity contribution in [2.24, 2.45) is 0 Å². The predicted octanol–water partition coefficient (Wildman–Crippen LogP) is 17.1. The Bertz CT molecular complexity index is 3640. The fraction of sp³-hybridized carbons (Fsp3) is 0. The van der Waals surface area contributed by atoms with Crippen molar-refractivity contribution in [1.82, 2.24) is 0 Å². The molecule has 0 aromatic heterocycles. The first kappa shape index (κ1) is 35.0. The Morgan fingerprint density at radius 2 is 0.590 bits per heavy atom. The molecule has 0 radical (unpaired) electrons. The van der Waals surface area contributed by atoms with Gasteiger partial charge < -0.3 is 4.90 Å². The van der Waals surface area contributed by atoms with Gasteiger partial charge in [0.15, 0.2) is 0 Å². The minimum atomic E-state index is 1.10. The van der Waals surface area contributed by atoms with E-state index in [9.17, 15) is 0 Å². The molecule has 0 aliphatic rings. The van der Waals surface area contributed by atoms with Gasteiger partial charge in [-0.25, -0.2) is 0 Å². The molecule has 0 aliphatic heterocycles. The first-order valence-corrected chi connectivity index (χ1v) is 21.1. The largest absolute Gasteiger partial charge is 0.310 e. The highest BCUT2D eigenvalue weighted by Gasteiger charge is 2.19. The van der Waals surface area contributed by atoms with Gasteiger partial charge in [-0.15, -0.1) is 0 Å². The Hall–Kier alpha value is -8.00. The monoisotopic (exact) mass is 773 g/mol. The second-order valence-corrected chi connectivity index (χ2v) is 16.1. The maximum Gasteiger partial charge on any atom is 0.0546 e. The predicted molar refractivity (Wildman–Crippen MR) is 262 cm³/mol.